The van der Waals surface area contributed by atoms with Gasteiger partial charge < -0.3 is 4.65 Å². The second-order valence-corrected chi connectivity index (χ2v) is 10.1. The predicted octanol–water partition coefficient (Wildman–Crippen LogP) is 6.19. The Balaban J connectivity index is 2.25. The molecule has 5 heteroatoms. The summed E-state index contributed by atoms with van der Waals surface area (Å²) in [6, 6.07) is 20.8. The lowest BCUT2D eigenvalue weighted by molar-refractivity contribution is 0.257. The molecule has 3 nitrogen and oxygen atoms in total. The van der Waals surface area contributed by atoms with Crippen LogP contribution < -0.4 is 0 Å². The number of hydrogen-bond acceptors (Lipinski definition) is 3. The zero-order valence-electron chi connectivity index (χ0n) is 18.2. The fourth-order valence-electron chi connectivity index (χ4n) is 3.51. The molecule has 0 radical (unpaired) electrons. The second-order valence-electron chi connectivity index (χ2n) is 9.35. The van der Waals surface area contributed by atoms with Gasteiger partial charge in [0.25, 0.3) is 0 Å². The highest BCUT2D eigenvalue weighted by Gasteiger charge is 2.48. The molecule has 0 spiro atoms. The number of benzene rings is 2. The summed E-state index contributed by atoms with van der Waals surface area (Å²) in [7, 11) is 0. The highest BCUT2D eigenvalue weighted by atomic mass is 79.9. The van der Waals surface area contributed by atoms with E-state index < -0.39 is 0 Å². The Morgan fingerprint density at radius 1 is 0.931 bits per heavy atom. The largest absolute Gasteiger partial charge is 0.538 e. The van der Waals surface area contributed by atoms with Gasteiger partial charge in [0.2, 0.25) is 0 Å². The first-order valence-electron chi connectivity index (χ1n) is 10.1. The summed E-state index contributed by atoms with van der Waals surface area (Å²) in [6.45, 7) is 13.0. The maximum absolute atomic E-state index is 6.48. The molecule has 1 atom stereocenters. The summed E-state index contributed by atoms with van der Waals surface area (Å²) < 4.78 is 6.48. The van der Waals surface area contributed by atoms with Crippen LogP contribution in [-0.4, -0.2) is 34.0 Å². The minimum atomic E-state index is -0.226. The summed E-state index contributed by atoms with van der Waals surface area (Å²) >= 11 is 3.76. The number of halogens is 1. The Bertz CT molecular complexity index is 841. The van der Waals surface area contributed by atoms with Crippen LogP contribution >= 0.6 is 15.8 Å². The molecular weight excluding hydrogens is 423 g/mol. The summed E-state index contributed by atoms with van der Waals surface area (Å²) in [4.78, 5) is 7.18. The van der Waals surface area contributed by atoms with Gasteiger partial charge in [-0.1, -0.05) is 76.4 Å². The van der Waals surface area contributed by atoms with E-state index >= 15 is 0 Å². The Hall–Kier alpha value is -1.85. The van der Waals surface area contributed by atoms with Crippen LogP contribution in [0.1, 0.15) is 52.7 Å². The van der Waals surface area contributed by atoms with Crippen LogP contribution in [0, 0.1) is 0 Å². The maximum atomic E-state index is 6.48. The van der Waals surface area contributed by atoms with Crippen molar-refractivity contribution in [2.45, 2.75) is 58.7 Å². The fraction of sp³-hybridized carbons (Fsp3) is 0.375. The van der Waals surface area contributed by atoms with Gasteiger partial charge in [-0.3, -0.25) is 9.80 Å². The van der Waals surface area contributed by atoms with Crippen molar-refractivity contribution >= 4 is 33.4 Å². The van der Waals surface area contributed by atoms with Crippen molar-refractivity contribution in [3.63, 3.8) is 0 Å². The molecule has 1 fully saturated rings. The van der Waals surface area contributed by atoms with Gasteiger partial charge in [0.05, 0.1) is 11.6 Å². The third-order valence-corrected chi connectivity index (χ3v) is 5.39. The van der Waals surface area contributed by atoms with Gasteiger partial charge in [0.15, 0.2) is 0 Å². The Morgan fingerprint density at radius 2 is 1.41 bits per heavy atom. The molecule has 0 amide bonds. The molecule has 29 heavy (non-hydrogen) atoms. The van der Waals surface area contributed by atoms with Crippen LogP contribution in [0.15, 0.2) is 71.4 Å². The summed E-state index contributed by atoms with van der Waals surface area (Å²) in [6.07, 6.45) is 2.05. The molecule has 0 aliphatic carbocycles. The van der Waals surface area contributed by atoms with Crippen molar-refractivity contribution in [1.29, 1.82) is 0 Å². The Labute approximate surface area is 184 Å². The molecule has 0 saturated carbocycles. The van der Waals surface area contributed by atoms with E-state index in [2.05, 4.69) is 111 Å². The minimum absolute atomic E-state index is 0.0750. The van der Waals surface area contributed by atoms with Gasteiger partial charge in [-0.15, -0.1) is 0 Å². The van der Waals surface area contributed by atoms with Crippen molar-refractivity contribution in [3.05, 3.63) is 77.5 Å². The molecule has 1 saturated heterocycles. The van der Waals surface area contributed by atoms with Gasteiger partial charge in [0, 0.05) is 17.3 Å². The monoisotopic (exact) mass is 452 g/mol. The van der Waals surface area contributed by atoms with Crippen molar-refractivity contribution in [2.24, 2.45) is 4.99 Å². The van der Waals surface area contributed by atoms with Crippen LogP contribution in [-0.2, 0) is 4.65 Å². The van der Waals surface area contributed by atoms with Gasteiger partial charge in [-0.05, 0) is 52.7 Å². The van der Waals surface area contributed by atoms with Crippen LogP contribution in [0.3, 0.4) is 0 Å². The molecular formula is C24H30BBrN2O. The van der Waals surface area contributed by atoms with Crippen LogP contribution in [0.4, 0.5) is 0 Å². The first-order chi connectivity index (χ1) is 13.6. The van der Waals surface area contributed by atoms with E-state index in [4.69, 9.17) is 9.65 Å². The lowest BCUT2D eigenvalue weighted by Gasteiger charge is -2.34. The average molecular weight is 453 g/mol. The van der Waals surface area contributed by atoms with Crippen molar-refractivity contribution in [1.82, 2.24) is 4.81 Å². The predicted molar refractivity (Wildman–Crippen MR) is 128 cm³/mol. The molecule has 1 aliphatic rings. The van der Waals surface area contributed by atoms with Crippen molar-refractivity contribution in [2.75, 3.05) is 0 Å². The molecule has 0 bridgehead atoms. The molecule has 3 rings (SSSR count). The van der Waals surface area contributed by atoms with E-state index in [9.17, 15) is 0 Å². The standard InChI is InChI=1S/C24H30BBrN2O/c1-23(2,3)27-17-20-22(29-25(26)28(20)24(4,5)6)21(18-13-9-7-10-14-18)19-15-11-8-12-16-19/h7-17,20H,1-6H3. The van der Waals surface area contributed by atoms with Crippen LogP contribution in [0.2, 0.25) is 0 Å². The number of aliphatic imine (C=N–C) groups is 1. The van der Waals surface area contributed by atoms with Crippen molar-refractivity contribution < 1.29 is 4.65 Å². The highest BCUT2D eigenvalue weighted by Crippen LogP contribution is 2.39. The third-order valence-electron chi connectivity index (χ3n) is 4.76. The second kappa shape index (κ2) is 8.49. The van der Waals surface area contributed by atoms with E-state index in [-0.39, 0.29) is 23.0 Å². The zero-order chi connectivity index (χ0) is 21.2. The van der Waals surface area contributed by atoms with Gasteiger partial charge >= 0.3 is 5.87 Å². The summed E-state index contributed by atoms with van der Waals surface area (Å²) in [5, 5.41) is 0. The van der Waals surface area contributed by atoms with E-state index in [1.54, 1.807) is 0 Å². The van der Waals surface area contributed by atoms with E-state index in [1.165, 1.54) is 0 Å². The molecule has 0 aromatic heterocycles. The van der Waals surface area contributed by atoms with Crippen molar-refractivity contribution in [3.8, 4) is 0 Å². The summed E-state index contributed by atoms with van der Waals surface area (Å²) in [5.41, 5.74) is 3.12. The first kappa shape index (κ1) is 21.9. The molecule has 0 N–H and O–H groups in total. The molecule has 1 aliphatic heterocycles. The normalized spacial score (nSPS) is 18.4. The number of nitrogens with zero attached hydrogens (tertiary/aromatic N) is 2. The van der Waals surface area contributed by atoms with Gasteiger partial charge in [-0.25, -0.2) is 0 Å². The molecule has 2 aromatic carbocycles. The van der Waals surface area contributed by atoms with Crippen LogP contribution in [0.25, 0.3) is 5.57 Å². The Kier molecular flexibility index (Phi) is 6.40. The quantitative estimate of drug-likeness (QED) is 0.409. The minimum Gasteiger partial charge on any atom is -0.538 e. The Morgan fingerprint density at radius 3 is 1.83 bits per heavy atom. The van der Waals surface area contributed by atoms with Gasteiger partial charge in [-0.2, -0.15) is 0 Å². The average Bonchev–Trinajstić information content (AvgIpc) is 2.98. The van der Waals surface area contributed by atoms with E-state index in [1.807, 2.05) is 18.3 Å². The van der Waals surface area contributed by atoms with E-state index in [0.717, 1.165) is 22.5 Å². The number of rotatable bonds is 3. The number of hydrogen-bond donors (Lipinski definition) is 0. The molecule has 1 heterocycles. The van der Waals surface area contributed by atoms with Crippen LogP contribution in [0.5, 0.6) is 0 Å². The zero-order valence-corrected chi connectivity index (χ0v) is 19.8. The van der Waals surface area contributed by atoms with E-state index in [0.29, 0.717) is 0 Å². The molecule has 152 valence electrons. The SMILES string of the molecule is CC(C)(C)N=CC1C(=C(c2ccccc2)c2ccccc2)OB(Br)N1C(C)(C)C. The highest BCUT2D eigenvalue weighted by molar-refractivity contribution is 9.24. The lowest BCUT2D eigenvalue weighted by atomic mass is 9.92. The van der Waals surface area contributed by atoms with Gasteiger partial charge in [0.1, 0.15) is 5.76 Å². The third kappa shape index (κ3) is 5.20. The fourth-order valence-corrected chi connectivity index (χ4v) is 4.58. The maximum Gasteiger partial charge on any atom is 0.531 e. The molecule has 2 aromatic rings. The topological polar surface area (TPSA) is 24.8 Å². The molecule has 1 unspecified atom stereocenters. The smallest absolute Gasteiger partial charge is 0.531 e. The first-order valence-corrected chi connectivity index (χ1v) is 11.0. The summed E-state index contributed by atoms with van der Waals surface area (Å²) in [5.74, 6) is 0.698. The lowest BCUT2D eigenvalue weighted by Crippen LogP contribution is -2.50.